The predicted molar refractivity (Wildman–Crippen MR) is 78.4 cm³/mol. The van der Waals surface area contributed by atoms with Crippen LogP contribution in [-0.4, -0.2) is 17.6 Å². The van der Waals surface area contributed by atoms with Gasteiger partial charge in [0, 0.05) is 12.2 Å². The molecule has 0 radical (unpaired) electrons. The molecule has 0 bridgehead atoms. The average Bonchev–Trinajstić information content (AvgIpc) is 2.47. The maximum Gasteiger partial charge on any atom is 0.123 e. The fourth-order valence-electron chi connectivity index (χ4n) is 3.08. The Morgan fingerprint density at radius 3 is 3.16 bits per heavy atom. The maximum atomic E-state index is 9.08. The molecule has 0 saturated carbocycles. The van der Waals surface area contributed by atoms with Gasteiger partial charge in [0.25, 0.3) is 0 Å². The third-order valence-corrected chi connectivity index (χ3v) is 4.77. The van der Waals surface area contributed by atoms with Crippen molar-refractivity contribution in [3.8, 4) is 6.07 Å². The number of nitriles is 1. The summed E-state index contributed by atoms with van der Waals surface area (Å²) >= 11 is 3.30. The van der Waals surface area contributed by atoms with E-state index in [-0.39, 0.29) is 0 Å². The highest BCUT2D eigenvalue weighted by atomic mass is 79.9. The van der Waals surface area contributed by atoms with Crippen LogP contribution in [0.5, 0.6) is 0 Å². The second-order valence-electron chi connectivity index (χ2n) is 5.29. The summed E-state index contributed by atoms with van der Waals surface area (Å²) < 4.78 is 0.629. The topological polar surface area (TPSA) is 48.7 Å². The van der Waals surface area contributed by atoms with Crippen molar-refractivity contribution in [3.05, 3.63) is 34.1 Å². The molecule has 0 aromatic carbocycles. The molecule has 19 heavy (non-hydrogen) atoms. The minimum absolute atomic E-state index is 0.506. The fourth-order valence-corrected chi connectivity index (χ4v) is 3.39. The molecule has 1 aromatic heterocycles. The summed E-state index contributed by atoms with van der Waals surface area (Å²) in [5.74, 6) is 0.788. The molecule has 4 heteroatoms. The van der Waals surface area contributed by atoms with E-state index < -0.39 is 0 Å². The van der Waals surface area contributed by atoms with Crippen LogP contribution >= 0.6 is 15.9 Å². The molecule has 0 amide bonds. The van der Waals surface area contributed by atoms with Crippen molar-refractivity contribution in [1.29, 1.82) is 5.26 Å². The normalized spacial score (nSPS) is 26.2. The number of halogens is 1. The van der Waals surface area contributed by atoms with Crippen LogP contribution in [0.2, 0.25) is 0 Å². The number of hydrogen-bond donors (Lipinski definition) is 1. The molecule has 98 valence electrons. The van der Waals surface area contributed by atoms with Crippen molar-refractivity contribution in [1.82, 2.24) is 10.3 Å². The predicted octanol–water partition coefficient (Wildman–Crippen LogP) is 3.26. The van der Waals surface area contributed by atoms with Crippen molar-refractivity contribution in [3.63, 3.8) is 0 Å². The van der Waals surface area contributed by atoms with E-state index >= 15 is 0 Å². The van der Waals surface area contributed by atoms with E-state index in [1.165, 1.54) is 24.8 Å². The summed E-state index contributed by atoms with van der Waals surface area (Å²) in [4.78, 5) is 4.26. The van der Waals surface area contributed by atoms with E-state index in [9.17, 15) is 0 Å². The minimum atomic E-state index is 0.506. The summed E-state index contributed by atoms with van der Waals surface area (Å²) in [6.07, 6.45) is 9.17. The number of nitrogens with one attached hydrogen (secondary N) is 1. The van der Waals surface area contributed by atoms with E-state index in [0.717, 1.165) is 24.4 Å². The zero-order chi connectivity index (χ0) is 13.2. The van der Waals surface area contributed by atoms with Crippen LogP contribution in [0.25, 0.3) is 5.57 Å². The molecular formula is C15H16BrN3. The first kappa shape index (κ1) is 12.8. The van der Waals surface area contributed by atoms with E-state index in [0.29, 0.717) is 16.2 Å². The second kappa shape index (κ2) is 5.44. The molecule has 2 atom stereocenters. The van der Waals surface area contributed by atoms with Gasteiger partial charge in [0.15, 0.2) is 0 Å². The van der Waals surface area contributed by atoms with E-state index in [1.807, 2.05) is 12.3 Å². The summed E-state index contributed by atoms with van der Waals surface area (Å²) in [6.45, 7) is 1.12. The van der Waals surface area contributed by atoms with Gasteiger partial charge in [-0.05, 0) is 71.3 Å². The molecular weight excluding hydrogens is 302 g/mol. The monoisotopic (exact) mass is 317 g/mol. The lowest BCUT2D eigenvalue weighted by Crippen LogP contribution is -2.41. The van der Waals surface area contributed by atoms with Gasteiger partial charge in [-0.3, -0.25) is 0 Å². The lowest BCUT2D eigenvalue weighted by atomic mass is 9.79. The zero-order valence-corrected chi connectivity index (χ0v) is 12.3. The van der Waals surface area contributed by atoms with Crippen LogP contribution in [-0.2, 0) is 0 Å². The first-order chi connectivity index (χ1) is 9.28. The van der Waals surface area contributed by atoms with Gasteiger partial charge in [-0.2, -0.15) is 5.26 Å². The number of piperidine rings is 1. The van der Waals surface area contributed by atoms with E-state index in [2.05, 4.69) is 38.4 Å². The average molecular weight is 318 g/mol. The van der Waals surface area contributed by atoms with Gasteiger partial charge in [0.05, 0.1) is 5.56 Å². The van der Waals surface area contributed by atoms with Gasteiger partial charge in [0.1, 0.15) is 10.7 Å². The molecule has 0 spiro atoms. The molecule has 1 aromatic rings. The molecule has 2 aliphatic rings. The van der Waals surface area contributed by atoms with E-state index in [4.69, 9.17) is 5.26 Å². The number of hydrogen-bond acceptors (Lipinski definition) is 3. The zero-order valence-electron chi connectivity index (χ0n) is 10.7. The highest BCUT2D eigenvalue weighted by Crippen LogP contribution is 2.34. The van der Waals surface area contributed by atoms with Gasteiger partial charge in [-0.25, -0.2) is 4.98 Å². The van der Waals surface area contributed by atoms with Gasteiger partial charge in [0.2, 0.25) is 0 Å². The van der Waals surface area contributed by atoms with Crippen LogP contribution in [0.1, 0.15) is 36.8 Å². The van der Waals surface area contributed by atoms with Gasteiger partial charge in [-0.15, -0.1) is 0 Å². The maximum absolute atomic E-state index is 9.08. The summed E-state index contributed by atoms with van der Waals surface area (Å²) in [5, 5.41) is 12.7. The Kier molecular flexibility index (Phi) is 3.67. The Hall–Kier alpha value is -1.18. The van der Waals surface area contributed by atoms with Crippen LogP contribution in [0.4, 0.5) is 0 Å². The number of nitrogens with zero attached hydrogens (tertiary/aromatic N) is 2. The van der Waals surface area contributed by atoms with Crippen LogP contribution in [0, 0.1) is 17.2 Å². The minimum Gasteiger partial charge on any atom is -0.310 e. The summed E-state index contributed by atoms with van der Waals surface area (Å²) in [6, 6.07) is 4.62. The molecule has 2 heterocycles. The number of rotatable bonds is 1. The number of allylic oxidation sites excluding steroid dienone is 1. The smallest absolute Gasteiger partial charge is 0.123 e. The lowest BCUT2D eigenvalue weighted by Gasteiger charge is -2.35. The molecule has 1 fully saturated rings. The van der Waals surface area contributed by atoms with Crippen molar-refractivity contribution in [2.45, 2.75) is 31.7 Å². The van der Waals surface area contributed by atoms with Crippen LogP contribution < -0.4 is 5.32 Å². The molecule has 3 nitrogen and oxygen atoms in total. The molecule has 3 rings (SSSR count). The third-order valence-electron chi connectivity index (χ3n) is 4.14. The van der Waals surface area contributed by atoms with Crippen molar-refractivity contribution in [2.24, 2.45) is 5.92 Å². The molecule has 1 saturated heterocycles. The Labute approximate surface area is 121 Å². The van der Waals surface area contributed by atoms with Crippen LogP contribution in [0.3, 0.4) is 0 Å². The third kappa shape index (κ3) is 2.58. The van der Waals surface area contributed by atoms with Gasteiger partial charge < -0.3 is 5.32 Å². The van der Waals surface area contributed by atoms with Gasteiger partial charge in [-0.1, -0.05) is 6.08 Å². The molecule has 0 unspecified atom stereocenters. The second-order valence-corrected chi connectivity index (χ2v) is 6.04. The largest absolute Gasteiger partial charge is 0.310 e. The van der Waals surface area contributed by atoms with Crippen molar-refractivity contribution >= 4 is 21.5 Å². The SMILES string of the molecule is N#Cc1cc(C2=C[C@@H]3NCCC[C@@H]3CC2)cnc1Br. The number of pyridine rings is 1. The lowest BCUT2D eigenvalue weighted by molar-refractivity contribution is 0.298. The Morgan fingerprint density at radius 1 is 1.42 bits per heavy atom. The summed E-state index contributed by atoms with van der Waals surface area (Å²) in [5.41, 5.74) is 3.02. The first-order valence-electron chi connectivity index (χ1n) is 6.78. The molecule has 1 aliphatic carbocycles. The standard InChI is InChI=1S/C15H16BrN3/c16-15-12(8-17)6-13(9-19-15)11-4-3-10-2-1-5-18-14(10)7-11/h6-7,9-10,14,18H,1-5H2/t10-,14+/m1/s1. The highest BCUT2D eigenvalue weighted by Gasteiger charge is 2.27. The molecule has 1 N–H and O–H groups in total. The van der Waals surface area contributed by atoms with Crippen molar-refractivity contribution < 1.29 is 0 Å². The highest BCUT2D eigenvalue weighted by molar-refractivity contribution is 9.10. The summed E-state index contributed by atoms with van der Waals surface area (Å²) in [7, 11) is 0. The van der Waals surface area contributed by atoms with Crippen molar-refractivity contribution in [2.75, 3.05) is 6.54 Å². The van der Waals surface area contributed by atoms with Gasteiger partial charge >= 0.3 is 0 Å². The quantitative estimate of drug-likeness (QED) is 0.809. The Morgan fingerprint density at radius 2 is 2.32 bits per heavy atom. The first-order valence-corrected chi connectivity index (χ1v) is 7.57. The Bertz CT molecular complexity index is 559. The number of fused-ring (bicyclic) bond motifs is 1. The molecule has 1 aliphatic heterocycles. The Balaban J connectivity index is 1.90. The van der Waals surface area contributed by atoms with Crippen LogP contribution in [0.15, 0.2) is 22.9 Å². The fraction of sp³-hybridized carbons (Fsp3) is 0.467. The number of aromatic nitrogens is 1. The van der Waals surface area contributed by atoms with E-state index in [1.54, 1.807) is 0 Å².